The van der Waals surface area contributed by atoms with E-state index in [1.807, 2.05) is 31.2 Å². The van der Waals surface area contributed by atoms with Crippen molar-refractivity contribution >= 4 is 12.0 Å². The van der Waals surface area contributed by atoms with Crippen molar-refractivity contribution in [1.82, 2.24) is 10.6 Å². The van der Waals surface area contributed by atoms with Crippen molar-refractivity contribution < 1.29 is 19.1 Å². The Morgan fingerprint density at radius 2 is 1.79 bits per heavy atom. The Morgan fingerprint density at radius 1 is 1.04 bits per heavy atom. The van der Waals surface area contributed by atoms with E-state index in [2.05, 4.69) is 17.6 Å². The molecule has 2 amide bonds. The Labute approximate surface area is 167 Å². The van der Waals surface area contributed by atoms with Crippen molar-refractivity contribution in [2.45, 2.75) is 65.3 Å². The van der Waals surface area contributed by atoms with Crippen LogP contribution < -0.4 is 15.4 Å². The lowest BCUT2D eigenvalue weighted by atomic mass is 9.95. The van der Waals surface area contributed by atoms with Crippen molar-refractivity contribution in [3.05, 3.63) is 41.1 Å². The number of urea groups is 1. The number of benzene rings is 1. The quantitative estimate of drug-likeness (QED) is 0.428. The lowest BCUT2D eigenvalue weighted by molar-refractivity contribution is -0.139. The number of ether oxygens (including phenoxy) is 2. The molecule has 28 heavy (non-hydrogen) atoms. The fourth-order valence-corrected chi connectivity index (χ4v) is 3.21. The highest BCUT2D eigenvalue weighted by atomic mass is 16.5. The van der Waals surface area contributed by atoms with E-state index in [-0.39, 0.29) is 6.03 Å². The molecule has 0 saturated carbocycles. The maximum Gasteiger partial charge on any atom is 0.338 e. The number of amides is 2. The van der Waals surface area contributed by atoms with E-state index < -0.39 is 12.0 Å². The molecule has 1 aliphatic rings. The third-order valence-corrected chi connectivity index (χ3v) is 4.66. The van der Waals surface area contributed by atoms with Crippen molar-refractivity contribution in [2.75, 3.05) is 13.2 Å². The van der Waals surface area contributed by atoms with E-state index in [0.29, 0.717) is 30.2 Å². The van der Waals surface area contributed by atoms with Crippen LogP contribution >= 0.6 is 0 Å². The van der Waals surface area contributed by atoms with E-state index >= 15 is 0 Å². The zero-order valence-corrected chi connectivity index (χ0v) is 17.2. The van der Waals surface area contributed by atoms with Gasteiger partial charge in [-0.3, -0.25) is 0 Å². The summed E-state index contributed by atoms with van der Waals surface area (Å²) >= 11 is 0. The van der Waals surface area contributed by atoms with Gasteiger partial charge in [0, 0.05) is 11.3 Å². The molecule has 0 spiro atoms. The number of nitrogens with one attached hydrogen (secondary N) is 2. The SMILES string of the molecule is CCCCCCCOC(=O)C1=C(C)NC(=O)NC1c1ccccc1OCCC. The molecule has 1 unspecified atom stereocenters. The van der Waals surface area contributed by atoms with Gasteiger partial charge in [0.25, 0.3) is 0 Å². The Morgan fingerprint density at radius 3 is 2.54 bits per heavy atom. The standard InChI is InChI=1S/C22H32N2O4/c1-4-6-7-8-11-15-28-21(25)19-16(3)23-22(26)24-20(19)17-12-9-10-13-18(17)27-14-5-2/h9-10,12-13,20H,4-8,11,14-15H2,1-3H3,(H2,23,24,26). The molecular weight excluding hydrogens is 356 g/mol. The number of hydrogen-bond acceptors (Lipinski definition) is 4. The average Bonchev–Trinajstić information content (AvgIpc) is 2.68. The molecule has 1 aromatic carbocycles. The zero-order valence-electron chi connectivity index (χ0n) is 17.2. The van der Waals surface area contributed by atoms with E-state index in [0.717, 1.165) is 31.2 Å². The van der Waals surface area contributed by atoms with Crippen LogP contribution in [-0.2, 0) is 9.53 Å². The molecule has 6 heteroatoms. The number of hydrogen-bond donors (Lipinski definition) is 2. The molecule has 1 aliphatic heterocycles. The van der Waals surface area contributed by atoms with Crippen molar-refractivity contribution in [1.29, 1.82) is 0 Å². The highest BCUT2D eigenvalue weighted by molar-refractivity contribution is 5.95. The number of allylic oxidation sites excluding steroid dienone is 1. The molecule has 154 valence electrons. The molecule has 1 aromatic rings. The van der Waals surface area contributed by atoms with Gasteiger partial charge in [-0.1, -0.05) is 57.7 Å². The molecule has 0 radical (unpaired) electrons. The summed E-state index contributed by atoms with van der Waals surface area (Å²) in [6.07, 6.45) is 6.29. The molecule has 0 aliphatic carbocycles. The van der Waals surface area contributed by atoms with Gasteiger partial charge in [-0.2, -0.15) is 0 Å². The number of para-hydroxylation sites is 1. The van der Waals surface area contributed by atoms with Gasteiger partial charge in [-0.05, 0) is 25.8 Å². The number of unbranched alkanes of at least 4 members (excludes halogenated alkanes) is 4. The molecule has 1 atom stereocenters. The fourth-order valence-electron chi connectivity index (χ4n) is 3.21. The molecular formula is C22H32N2O4. The minimum absolute atomic E-state index is 0.344. The third-order valence-electron chi connectivity index (χ3n) is 4.66. The first-order valence-corrected chi connectivity index (χ1v) is 10.3. The Balaban J connectivity index is 2.15. The summed E-state index contributed by atoms with van der Waals surface area (Å²) in [6, 6.07) is 6.52. The molecule has 1 heterocycles. The topological polar surface area (TPSA) is 76.7 Å². The van der Waals surface area contributed by atoms with Crippen LogP contribution in [0.25, 0.3) is 0 Å². The summed E-state index contributed by atoms with van der Waals surface area (Å²) in [7, 11) is 0. The second kappa shape index (κ2) is 11.4. The Bertz CT molecular complexity index is 700. The second-order valence-corrected chi connectivity index (χ2v) is 7.01. The van der Waals surface area contributed by atoms with Crippen LogP contribution in [0.2, 0.25) is 0 Å². The molecule has 6 nitrogen and oxygen atoms in total. The highest BCUT2D eigenvalue weighted by Gasteiger charge is 2.33. The van der Waals surface area contributed by atoms with Gasteiger partial charge in [0.05, 0.1) is 24.8 Å². The molecule has 2 N–H and O–H groups in total. The van der Waals surface area contributed by atoms with Crippen LogP contribution in [0.5, 0.6) is 5.75 Å². The van der Waals surface area contributed by atoms with Gasteiger partial charge >= 0.3 is 12.0 Å². The number of rotatable bonds is 11. The molecule has 0 bridgehead atoms. The van der Waals surface area contributed by atoms with Crippen LogP contribution in [0.4, 0.5) is 4.79 Å². The predicted octanol–water partition coefficient (Wildman–Crippen LogP) is 4.62. The van der Waals surface area contributed by atoms with Crippen LogP contribution in [0.15, 0.2) is 35.5 Å². The number of carbonyl (C=O) groups is 2. The third kappa shape index (κ3) is 6.01. The second-order valence-electron chi connectivity index (χ2n) is 7.01. The fraction of sp³-hybridized carbons (Fsp3) is 0.545. The Hall–Kier alpha value is -2.50. The number of carbonyl (C=O) groups excluding carboxylic acids is 2. The van der Waals surface area contributed by atoms with Crippen LogP contribution in [0.3, 0.4) is 0 Å². The van der Waals surface area contributed by atoms with E-state index in [1.165, 1.54) is 12.8 Å². The van der Waals surface area contributed by atoms with Gasteiger partial charge in [0.15, 0.2) is 0 Å². The summed E-state index contributed by atoms with van der Waals surface area (Å²) in [4.78, 5) is 24.9. The van der Waals surface area contributed by atoms with Gasteiger partial charge in [-0.15, -0.1) is 0 Å². The lowest BCUT2D eigenvalue weighted by Gasteiger charge is -2.29. The average molecular weight is 389 g/mol. The monoisotopic (exact) mass is 388 g/mol. The van der Waals surface area contributed by atoms with Crippen LogP contribution in [0, 0.1) is 0 Å². The van der Waals surface area contributed by atoms with E-state index in [4.69, 9.17) is 9.47 Å². The van der Waals surface area contributed by atoms with Gasteiger partial charge in [0.1, 0.15) is 5.75 Å². The minimum Gasteiger partial charge on any atom is -0.493 e. The minimum atomic E-state index is -0.602. The maximum absolute atomic E-state index is 12.8. The summed E-state index contributed by atoms with van der Waals surface area (Å²) in [5, 5.41) is 5.52. The summed E-state index contributed by atoms with van der Waals surface area (Å²) in [6.45, 7) is 6.87. The van der Waals surface area contributed by atoms with Crippen molar-refractivity contribution in [3.63, 3.8) is 0 Å². The molecule has 0 saturated heterocycles. The van der Waals surface area contributed by atoms with Gasteiger partial charge in [0.2, 0.25) is 0 Å². The molecule has 0 aromatic heterocycles. The molecule has 0 fully saturated rings. The van der Waals surface area contributed by atoms with E-state index in [1.54, 1.807) is 6.92 Å². The zero-order chi connectivity index (χ0) is 20.4. The van der Waals surface area contributed by atoms with Crippen LogP contribution in [-0.4, -0.2) is 25.2 Å². The smallest absolute Gasteiger partial charge is 0.338 e. The normalized spacial score (nSPS) is 16.4. The first-order valence-electron chi connectivity index (χ1n) is 10.3. The van der Waals surface area contributed by atoms with Crippen molar-refractivity contribution in [3.8, 4) is 5.75 Å². The first-order chi connectivity index (χ1) is 13.6. The maximum atomic E-state index is 12.8. The van der Waals surface area contributed by atoms with Crippen LogP contribution in [0.1, 0.15) is 70.9 Å². The number of esters is 1. The largest absolute Gasteiger partial charge is 0.493 e. The van der Waals surface area contributed by atoms with E-state index in [9.17, 15) is 9.59 Å². The highest BCUT2D eigenvalue weighted by Crippen LogP contribution is 2.33. The van der Waals surface area contributed by atoms with Gasteiger partial charge in [-0.25, -0.2) is 9.59 Å². The summed E-state index contributed by atoms with van der Waals surface area (Å²) in [5.41, 5.74) is 1.68. The van der Waals surface area contributed by atoms with Crippen molar-refractivity contribution in [2.24, 2.45) is 0 Å². The molecule has 2 rings (SSSR count). The van der Waals surface area contributed by atoms with Gasteiger partial charge < -0.3 is 20.1 Å². The predicted molar refractivity (Wildman–Crippen MR) is 109 cm³/mol. The summed E-state index contributed by atoms with van der Waals surface area (Å²) < 4.78 is 11.3. The lowest BCUT2D eigenvalue weighted by Crippen LogP contribution is -2.45. The Kier molecular flexibility index (Phi) is 8.85. The summed E-state index contributed by atoms with van der Waals surface area (Å²) in [5.74, 6) is 0.255. The first kappa shape index (κ1) is 21.8.